The number of hydrogen-bond donors (Lipinski definition) is 1. The van der Waals surface area contributed by atoms with Crippen molar-refractivity contribution in [3.63, 3.8) is 0 Å². The van der Waals surface area contributed by atoms with E-state index in [1.807, 2.05) is 24.0 Å². The topological polar surface area (TPSA) is 33.1 Å². The summed E-state index contributed by atoms with van der Waals surface area (Å²) in [4.78, 5) is 4.16. The number of thioether (sulfide) groups is 1. The van der Waals surface area contributed by atoms with Crippen molar-refractivity contribution in [3.8, 4) is 0 Å². The maximum absolute atomic E-state index is 10.9. The average molecular weight is 316 g/mol. The molecule has 1 aliphatic rings. The van der Waals surface area contributed by atoms with E-state index < -0.39 is 5.60 Å². The van der Waals surface area contributed by atoms with Gasteiger partial charge in [0, 0.05) is 29.0 Å². The lowest BCUT2D eigenvalue weighted by Crippen LogP contribution is -2.51. The molecule has 2 nitrogen and oxygen atoms in total. The molecular weight excluding hydrogens is 298 g/mol. The van der Waals surface area contributed by atoms with Crippen molar-refractivity contribution >= 4 is 27.7 Å². The predicted molar refractivity (Wildman–Crippen MR) is 76.3 cm³/mol. The van der Waals surface area contributed by atoms with Gasteiger partial charge in [0.1, 0.15) is 0 Å². The van der Waals surface area contributed by atoms with Gasteiger partial charge in [0.2, 0.25) is 0 Å². The summed E-state index contributed by atoms with van der Waals surface area (Å²) in [6.45, 7) is 4.33. The van der Waals surface area contributed by atoms with E-state index in [9.17, 15) is 5.11 Å². The van der Waals surface area contributed by atoms with Gasteiger partial charge in [-0.25, -0.2) is 0 Å². The molecule has 0 saturated carbocycles. The van der Waals surface area contributed by atoms with Gasteiger partial charge < -0.3 is 5.11 Å². The van der Waals surface area contributed by atoms with Gasteiger partial charge in [-0.15, -0.1) is 0 Å². The molecule has 1 aliphatic heterocycles. The molecule has 0 aromatic carbocycles. The van der Waals surface area contributed by atoms with Crippen molar-refractivity contribution in [2.45, 2.75) is 32.3 Å². The normalized spacial score (nSPS) is 28.0. The number of halogens is 1. The minimum Gasteiger partial charge on any atom is -0.388 e. The summed E-state index contributed by atoms with van der Waals surface area (Å²) in [5.74, 6) is 1.96. The molecular formula is C13H18BrNOS. The first-order valence-electron chi connectivity index (χ1n) is 5.83. The molecule has 1 N–H and O–H groups in total. The van der Waals surface area contributed by atoms with Crippen molar-refractivity contribution in [2.75, 3.05) is 11.5 Å². The van der Waals surface area contributed by atoms with Crippen LogP contribution in [0.4, 0.5) is 0 Å². The summed E-state index contributed by atoms with van der Waals surface area (Å²) in [6.07, 6.45) is 5.36. The van der Waals surface area contributed by atoms with E-state index in [4.69, 9.17) is 0 Å². The Morgan fingerprint density at radius 2 is 2.24 bits per heavy atom. The van der Waals surface area contributed by atoms with Gasteiger partial charge in [-0.3, -0.25) is 4.98 Å². The van der Waals surface area contributed by atoms with E-state index in [-0.39, 0.29) is 5.41 Å². The van der Waals surface area contributed by atoms with E-state index in [0.29, 0.717) is 6.42 Å². The summed E-state index contributed by atoms with van der Waals surface area (Å²) < 4.78 is 0.972. The van der Waals surface area contributed by atoms with Crippen molar-refractivity contribution < 1.29 is 5.11 Å². The van der Waals surface area contributed by atoms with Gasteiger partial charge in [-0.05, 0) is 45.1 Å². The first-order valence-corrected chi connectivity index (χ1v) is 7.77. The van der Waals surface area contributed by atoms with Gasteiger partial charge in [0.05, 0.1) is 5.60 Å². The zero-order valence-corrected chi connectivity index (χ0v) is 12.6. The van der Waals surface area contributed by atoms with Crippen LogP contribution in [0.15, 0.2) is 22.9 Å². The maximum Gasteiger partial charge on any atom is 0.0829 e. The second-order valence-electron chi connectivity index (χ2n) is 5.41. The van der Waals surface area contributed by atoms with Crippen molar-refractivity contribution in [2.24, 2.45) is 5.41 Å². The Bertz CT molecular complexity index is 410. The summed E-state index contributed by atoms with van der Waals surface area (Å²) >= 11 is 5.27. The van der Waals surface area contributed by atoms with Gasteiger partial charge in [0.25, 0.3) is 0 Å². The Morgan fingerprint density at radius 1 is 1.47 bits per heavy atom. The number of aliphatic hydroxyl groups is 1. The Hall–Kier alpha value is -0.0600. The highest BCUT2D eigenvalue weighted by Crippen LogP contribution is 2.44. The highest BCUT2D eigenvalue weighted by molar-refractivity contribution is 9.10. The van der Waals surface area contributed by atoms with Crippen LogP contribution in [-0.2, 0) is 6.42 Å². The summed E-state index contributed by atoms with van der Waals surface area (Å²) in [6, 6.07) is 2.04. The molecule has 2 heterocycles. The molecule has 1 fully saturated rings. The molecule has 0 bridgehead atoms. The average Bonchev–Trinajstić information content (AvgIpc) is 2.23. The third-order valence-electron chi connectivity index (χ3n) is 3.73. The van der Waals surface area contributed by atoms with E-state index in [2.05, 4.69) is 34.8 Å². The largest absolute Gasteiger partial charge is 0.388 e. The van der Waals surface area contributed by atoms with Crippen LogP contribution < -0.4 is 0 Å². The fraction of sp³-hybridized carbons (Fsp3) is 0.615. The van der Waals surface area contributed by atoms with Crippen LogP contribution in [0.5, 0.6) is 0 Å². The monoisotopic (exact) mass is 315 g/mol. The van der Waals surface area contributed by atoms with E-state index in [0.717, 1.165) is 28.0 Å². The Kier molecular flexibility index (Phi) is 3.86. The molecule has 1 atom stereocenters. The standard InChI is InChI=1S/C13H18BrNOS/c1-12(2)3-4-17-9-13(12,16)6-10-5-11(14)8-15-7-10/h5,7-8,16H,3-4,6,9H2,1-2H3. The molecule has 2 rings (SSSR count). The highest BCUT2D eigenvalue weighted by atomic mass is 79.9. The van der Waals surface area contributed by atoms with Gasteiger partial charge in [-0.2, -0.15) is 11.8 Å². The molecule has 0 radical (unpaired) electrons. The molecule has 0 spiro atoms. The molecule has 1 aromatic rings. The number of nitrogens with zero attached hydrogens (tertiary/aromatic N) is 1. The molecule has 0 amide bonds. The summed E-state index contributed by atoms with van der Waals surface area (Å²) in [5, 5.41) is 10.9. The summed E-state index contributed by atoms with van der Waals surface area (Å²) in [7, 11) is 0. The molecule has 94 valence electrons. The third-order valence-corrected chi connectivity index (χ3v) is 5.34. The molecule has 4 heteroatoms. The minimum absolute atomic E-state index is 0.0272. The van der Waals surface area contributed by atoms with E-state index in [1.165, 1.54) is 0 Å². The highest BCUT2D eigenvalue weighted by Gasteiger charge is 2.45. The third kappa shape index (κ3) is 2.85. The smallest absolute Gasteiger partial charge is 0.0829 e. The molecule has 0 aliphatic carbocycles. The Morgan fingerprint density at radius 3 is 2.88 bits per heavy atom. The van der Waals surface area contributed by atoms with Crippen LogP contribution in [0.25, 0.3) is 0 Å². The number of rotatable bonds is 2. The first-order chi connectivity index (χ1) is 7.93. The SMILES string of the molecule is CC1(C)CCSCC1(O)Cc1cncc(Br)c1. The minimum atomic E-state index is -0.627. The van der Waals surface area contributed by atoms with Crippen LogP contribution in [0.1, 0.15) is 25.8 Å². The molecule has 1 unspecified atom stereocenters. The number of hydrogen-bond acceptors (Lipinski definition) is 3. The molecule has 1 aromatic heterocycles. The van der Waals surface area contributed by atoms with Crippen LogP contribution in [0.3, 0.4) is 0 Å². The fourth-order valence-electron chi connectivity index (χ4n) is 2.18. The first kappa shape index (κ1) is 13.4. The summed E-state index contributed by atoms with van der Waals surface area (Å²) in [5.41, 5.74) is 0.441. The predicted octanol–water partition coefficient (Wildman–Crippen LogP) is 3.28. The number of aromatic nitrogens is 1. The van der Waals surface area contributed by atoms with Crippen molar-refractivity contribution in [3.05, 3.63) is 28.5 Å². The van der Waals surface area contributed by atoms with Crippen LogP contribution in [0, 0.1) is 5.41 Å². The van der Waals surface area contributed by atoms with Crippen molar-refractivity contribution in [1.82, 2.24) is 4.98 Å². The molecule has 1 saturated heterocycles. The van der Waals surface area contributed by atoms with Crippen molar-refractivity contribution in [1.29, 1.82) is 0 Å². The molecule has 17 heavy (non-hydrogen) atoms. The zero-order chi connectivity index (χ0) is 12.5. The van der Waals surface area contributed by atoms with Crippen LogP contribution >= 0.6 is 27.7 Å². The van der Waals surface area contributed by atoms with Gasteiger partial charge >= 0.3 is 0 Å². The van der Waals surface area contributed by atoms with Gasteiger partial charge in [-0.1, -0.05) is 13.8 Å². The maximum atomic E-state index is 10.9. The number of pyridine rings is 1. The quantitative estimate of drug-likeness (QED) is 0.909. The Balaban J connectivity index is 2.21. The fourth-order valence-corrected chi connectivity index (χ4v) is 4.22. The van der Waals surface area contributed by atoms with Crippen LogP contribution in [-0.4, -0.2) is 27.2 Å². The van der Waals surface area contributed by atoms with E-state index in [1.54, 1.807) is 6.20 Å². The lowest BCUT2D eigenvalue weighted by molar-refractivity contribution is -0.0513. The van der Waals surface area contributed by atoms with E-state index >= 15 is 0 Å². The zero-order valence-electron chi connectivity index (χ0n) is 10.2. The van der Waals surface area contributed by atoms with Crippen LogP contribution in [0.2, 0.25) is 0 Å². The second-order valence-corrected chi connectivity index (χ2v) is 7.43. The lowest BCUT2D eigenvalue weighted by Gasteiger charge is -2.46. The van der Waals surface area contributed by atoms with Gasteiger partial charge in [0.15, 0.2) is 0 Å². The Labute approximate surface area is 115 Å². The second kappa shape index (κ2) is 4.90. The lowest BCUT2D eigenvalue weighted by atomic mass is 9.71.